The Bertz CT molecular complexity index is 1670. The number of nitrogens with one attached hydrogen (secondary N) is 4. The molecule has 2 saturated heterocycles. The molecule has 2 aliphatic heterocycles. The number of hydrogen-bond donors (Lipinski definition) is 6. The van der Waals surface area contributed by atoms with Crippen molar-refractivity contribution in [1.29, 1.82) is 0 Å². The molecule has 1 aromatic heterocycles. The van der Waals surface area contributed by atoms with Gasteiger partial charge in [-0.25, -0.2) is 9.59 Å². The third-order valence-electron chi connectivity index (χ3n) is 7.24. The number of carbonyl (C=O) groups is 5. The van der Waals surface area contributed by atoms with E-state index in [0.717, 1.165) is 22.9 Å². The number of fused-ring (bicyclic) bond motifs is 2. The quantitative estimate of drug-likeness (QED) is 0.161. The van der Waals surface area contributed by atoms with E-state index in [1.54, 1.807) is 18.2 Å². The fourth-order valence-electron chi connectivity index (χ4n) is 5.14. The molecule has 2 aliphatic rings. The number of carbonyl (C=O) groups excluding carboxylic acids is 4. The first-order valence-corrected chi connectivity index (χ1v) is 13.4. The minimum Gasteiger partial charge on any atom is -0.508 e. The molecule has 42 heavy (non-hydrogen) atoms. The number of amides is 5. The van der Waals surface area contributed by atoms with Crippen molar-refractivity contribution in [1.82, 2.24) is 20.9 Å². The summed E-state index contributed by atoms with van der Waals surface area (Å²) in [7, 11) is 0. The Morgan fingerprint density at radius 3 is 2.45 bits per heavy atom. The first kappa shape index (κ1) is 28.5. The number of aromatic hydroxyl groups is 1. The topological polar surface area (TPSA) is 207 Å². The highest BCUT2D eigenvalue weighted by Gasteiger charge is 2.74. The van der Waals surface area contributed by atoms with Crippen LogP contribution in [-0.2, 0) is 19.2 Å². The van der Waals surface area contributed by atoms with E-state index in [0.29, 0.717) is 12.0 Å². The number of anilines is 1. The van der Waals surface area contributed by atoms with Gasteiger partial charge in [-0.1, -0.05) is 24.3 Å². The zero-order valence-corrected chi connectivity index (χ0v) is 22.9. The maximum Gasteiger partial charge on any atom is 0.352 e. The second-order valence-corrected chi connectivity index (χ2v) is 11.8. The van der Waals surface area contributed by atoms with E-state index in [1.807, 2.05) is 0 Å². The summed E-state index contributed by atoms with van der Waals surface area (Å²) in [5.41, 5.74) is -2.55. The number of thioether (sulfide) groups is 1. The lowest BCUT2D eigenvalue weighted by atomic mass is 9.88. The summed E-state index contributed by atoms with van der Waals surface area (Å²) in [6.07, 6.45) is 1.39. The highest BCUT2D eigenvalue weighted by atomic mass is 32.2. The van der Waals surface area contributed by atoms with Crippen molar-refractivity contribution in [3.05, 3.63) is 70.6 Å². The van der Waals surface area contributed by atoms with Crippen LogP contribution in [0.25, 0.3) is 11.0 Å². The lowest BCUT2D eigenvalue weighted by Gasteiger charge is -2.49. The van der Waals surface area contributed by atoms with Crippen LogP contribution >= 0.6 is 11.8 Å². The third kappa shape index (κ3) is 4.47. The molecule has 3 aromatic rings. The van der Waals surface area contributed by atoms with E-state index in [-0.39, 0.29) is 22.4 Å². The van der Waals surface area contributed by atoms with E-state index >= 15 is 0 Å². The van der Waals surface area contributed by atoms with Gasteiger partial charge in [-0.3, -0.25) is 24.1 Å². The molecule has 0 aliphatic carbocycles. The van der Waals surface area contributed by atoms with E-state index in [2.05, 4.69) is 21.3 Å². The van der Waals surface area contributed by atoms with Crippen molar-refractivity contribution in [3.8, 4) is 5.75 Å². The molecule has 4 atom stereocenters. The van der Waals surface area contributed by atoms with Gasteiger partial charge in [-0.05, 0) is 43.7 Å². The van der Waals surface area contributed by atoms with Crippen LogP contribution in [0.3, 0.4) is 0 Å². The van der Waals surface area contributed by atoms with Crippen molar-refractivity contribution in [2.45, 2.75) is 41.7 Å². The molecule has 0 bridgehead atoms. The number of aliphatic carboxylic acids is 1. The van der Waals surface area contributed by atoms with Crippen LogP contribution < -0.4 is 26.7 Å². The first-order valence-electron chi connectivity index (χ1n) is 12.5. The maximum absolute atomic E-state index is 13.8. The van der Waals surface area contributed by atoms with Crippen molar-refractivity contribution >= 4 is 58.6 Å². The Balaban J connectivity index is 1.46. The van der Waals surface area contributed by atoms with Crippen molar-refractivity contribution in [3.63, 3.8) is 0 Å². The van der Waals surface area contributed by atoms with Gasteiger partial charge in [-0.15, -0.1) is 11.8 Å². The van der Waals surface area contributed by atoms with Gasteiger partial charge in [0.1, 0.15) is 40.7 Å². The second kappa shape index (κ2) is 10.4. The minimum absolute atomic E-state index is 0.130. The van der Waals surface area contributed by atoms with Crippen LogP contribution in [0, 0.1) is 0 Å². The normalized spacial score (nSPS) is 22.8. The lowest BCUT2D eigenvalue weighted by Crippen LogP contribution is -2.80. The molecule has 14 nitrogen and oxygen atoms in total. The van der Waals surface area contributed by atoms with Crippen LogP contribution in [0.1, 0.15) is 25.5 Å². The van der Waals surface area contributed by atoms with Crippen molar-refractivity contribution in [2.75, 3.05) is 5.32 Å². The largest absolute Gasteiger partial charge is 0.508 e. The van der Waals surface area contributed by atoms with Crippen LogP contribution in [0.4, 0.5) is 10.5 Å². The van der Waals surface area contributed by atoms with Gasteiger partial charge in [0.25, 0.3) is 5.91 Å². The summed E-state index contributed by atoms with van der Waals surface area (Å²) in [6, 6.07) is 8.09. The fourth-order valence-corrected chi connectivity index (χ4v) is 6.85. The van der Waals surface area contributed by atoms with E-state index in [1.165, 1.54) is 44.2 Å². The molecule has 15 heteroatoms. The Morgan fingerprint density at radius 1 is 1.10 bits per heavy atom. The summed E-state index contributed by atoms with van der Waals surface area (Å²) in [6.45, 7) is 3.06. The van der Waals surface area contributed by atoms with Gasteiger partial charge in [0.15, 0.2) is 0 Å². The van der Waals surface area contributed by atoms with Crippen LogP contribution in [0.2, 0.25) is 0 Å². The number of phenolic OH excluding ortho intramolecular Hbond substituents is 1. The maximum atomic E-state index is 13.8. The molecule has 5 amide bonds. The van der Waals surface area contributed by atoms with Crippen LogP contribution in [0.5, 0.6) is 5.75 Å². The number of nitrogens with zero attached hydrogens (tertiary/aromatic N) is 1. The number of carboxylic acid groups (broad SMARTS) is 1. The second-order valence-electron chi connectivity index (χ2n) is 10.1. The summed E-state index contributed by atoms with van der Waals surface area (Å²) < 4.78 is 4.12. The zero-order valence-electron chi connectivity index (χ0n) is 22.1. The smallest absolute Gasteiger partial charge is 0.352 e. The molecule has 0 saturated carbocycles. The van der Waals surface area contributed by atoms with Crippen LogP contribution in [0.15, 0.2) is 64.0 Å². The molecule has 218 valence electrons. The van der Waals surface area contributed by atoms with Gasteiger partial charge < -0.3 is 35.9 Å². The van der Waals surface area contributed by atoms with Crippen molar-refractivity contribution < 1.29 is 38.6 Å². The Labute approximate surface area is 241 Å². The average Bonchev–Trinajstić information content (AvgIpc) is 3.16. The molecular weight excluding hydrogens is 570 g/mol. The highest BCUT2D eigenvalue weighted by Crippen LogP contribution is 2.55. The number of para-hydroxylation sites is 1. The summed E-state index contributed by atoms with van der Waals surface area (Å²) in [5, 5.41) is 29.2. The molecule has 2 fully saturated rings. The molecule has 1 unspecified atom stereocenters. The molecule has 0 spiro atoms. The summed E-state index contributed by atoms with van der Waals surface area (Å²) in [4.78, 5) is 77.5. The number of carboxylic acids is 1. The molecule has 5 rings (SSSR count). The van der Waals surface area contributed by atoms with Gasteiger partial charge in [-0.2, -0.15) is 0 Å². The average molecular weight is 596 g/mol. The fraction of sp³-hybridized carbons (Fsp3) is 0.259. The highest BCUT2D eigenvalue weighted by molar-refractivity contribution is 8.01. The summed E-state index contributed by atoms with van der Waals surface area (Å²) >= 11 is 1.08. The molecule has 3 heterocycles. The predicted molar refractivity (Wildman–Crippen MR) is 149 cm³/mol. The SMILES string of the molecule is CC1(C)S[C@@H]2[C@H](NC=O)C(=O)N2[C@@]1(NC(=O)C(NC(=O)Nc1coc2ccccc2c1=O)c1ccc(O)cc1)C(=O)O. The Hall–Kier alpha value is -5.05. The number of benzene rings is 2. The lowest BCUT2D eigenvalue weighted by molar-refractivity contribution is -0.176. The third-order valence-corrected chi connectivity index (χ3v) is 8.85. The molecule has 2 aromatic carbocycles. The van der Waals surface area contributed by atoms with Crippen molar-refractivity contribution in [2.24, 2.45) is 0 Å². The summed E-state index contributed by atoms with van der Waals surface area (Å²) in [5.74, 6) is -3.37. The monoisotopic (exact) mass is 595 g/mol. The number of phenols is 1. The van der Waals surface area contributed by atoms with Crippen LogP contribution in [-0.4, -0.2) is 67.2 Å². The van der Waals surface area contributed by atoms with E-state index < -0.39 is 57.1 Å². The van der Waals surface area contributed by atoms with E-state index in [4.69, 9.17) is 4.42 Å². The minimum atomic E-state index is -2.26. The number of hydrogen-bond acceptors (Lipinski definition) is 9. The molecule has 6 N–H and O–H groups in total. The molecule has 0 radical (unpaired) electrons. The standard InChI is InChI=1S/C27H25N5O9S/c1-26(2)27(24(38)39,32-22(37)19(28-12-33)23(32)42-26)31-21(36)18(13-7-9-14(34)10-8-13)30-25(40)29-16-11-41-17-6-4-3-5-15(17)20(16)35/h3-12,18-19,23,34H,1-2H3,(H,28,33)(H,31,36)(H,38,39)(H2,29,30,40)/t18?,19-,23-,27+/m1/s1. The number of β-lactam (4-membered cyclic amide) rings is 1. The zero-order chi connectivity index (χ0) is 30.4. The van der Waals surface area contributed by atoms with E-state index in [9.17, 15) is 39.0 Å². The number of urea groups is 1. The molecular formula is C27H25N5O9S. The van der Waals surface area contributed by atoms with Gasteiger partial charge >= 0.3 is 12.0 Å². The Morgan fingerprint density at radius 2 is 1.79 bits per heavy atom. The Kier molecular flexibility index (Phi) is 7.06. The predicted octanol–water partition coefficient (Wildman–Crippen LogP) is 1.07. The number of rotatable bonds is 8. The van der Waals surface area contributed by atoms with Gasteiger partial charge in [0.05, 0.1) is 10.1 Å². The van der Waals surface area contributed by atoms with Gasteiger partial charge in [0.2, 0.25) is 23.4 Å². The van der Waals surface area contributed by atoms with Gasteiger partial charge in [0, 0.05) is 0 Å². The first-order chi connectivity index (χ1) is 19.9.